The molecule has 21 heavy (non-hydrogen) atoms. The Morgan fingerprint density at radius 3 is 0.810 bits per heavy atom. The second-order valence-corrected chi connectivity index (χ2v) is 3.26. The standard InChI is InChI=1S/C6H6O3.3C2H4O2/c7-4-1-5(8)3-6(9)2-4;3*1-2(3)4/h1-3,7-9H;3*1H3,(H,3,4). The summed E-state index contributed by atoms with van der Waals surface area (Å²) in [7, 11) is 0. The second kappa shape index (κ2) is 13.5. The number of carbonyl (C=O) groups is 3. The average molecular weight is 306 g/mol. The third-order valence-corrected chi connectivity index (χ3v) is 0.887. The molecule has 0 aliphatic heterocycles. The summed E-state index contributed by atoms with van der Waals surface area (Å²) in [4.78, 5) is 27.0. The minimum absolute atomic E-state index is 0.146. The Morgan fingerprint density at radius 2 is 0.714 bits per heavy atom. The van der Waals surface area contributed by atoms with E-state index in [-0.39, 0.29) is 17.2 Å². The van der Waals surface area contributed by atoms with Crippen LogP contribution in [-0.2, 0) is 14.4 Å². The molecule has 1 aromatic rings. The van der Waals surface area contributed by atoms with E-state index in [1.54, 1.807) is 0 Å². The van der Waals surface area contributed by atoms with Gasteiger partial charge in [0.15, 0.2) is 0 Å². The highest BCUT2D eigenvalue weighted by molar-refractivity contribution is 5.63. The van der Waals surface area contributed by atoms with E-state index >= 15 is 0 Å². The zero-order chi connectivity index (χ0) is 17.6. The molecule has 120 valence electrons. The highest BCUT2D eigenvalue weighted by atomic mass is 16.4. The van der Waals surface area contributed by atoms with Crippen molar-refractivity contribution in [2.45, 2.75) is 20.8 Å². The fraction of sp³-hybridized carbons (Fsp3) is 0.250. The van der Waals surface area contributed by atoms with Gasteiger partial charge in [0.05, 0.1) is 0 Å². The minimum atomic E-state index is -0.833. The Kier molecular flexibility index (Phi) is 14.8. The van der Waals surface area contributed by atoms with Crippen LogP contribution in [0.5, 0.6) is 17.2 Å². The van der Waals surface area contributed by atoms with Crippen LogP contribution in [0.4, 0.5) is 0 Å². The summed E-state index contributed by atoms with van der Waals surface area (Å²) in [6.07, 6.45) is 0. The topological polar surface area (TPSA) is 173 Å². The predicted molar refractivity (Wildman–Crippen MR) is 71.4 cm³/mol. The summed E-state index contributed by atoms with van der Waals surface area (Å²) in [6, 6.07) is 3.42. The monoisotopic (exact) mass is 306 g/mol. The highest BCUT2D eigenvalue weighted by Crippen LogP contribution is 2.23. The van der Waals surface area contributed by atoms with Gasteiger partial charge in [0.25, 0.3) is 17.9 Å². The normalized spacial score (nSPS) is 7.57. The number of hydrogen-bond acceptors (Lipinski definition) is 6. The molecule has 0 spiro atoms. The van der Waals surface area contributed by atoms with Crippen molar-refractivity contribution in [1.82, 2.24) is 0 Å². The van der Waals surface area contributed by atoms with Gasteiger partial charge in [-0.2, -0.15) is 0 Å². The van der Waals surface area contributed by atoms with E-state index in [1.807, 2.05) is 0 Å². The molecule has 0 heterocycles. The summed E-state index contributed by atoms with van der Waals surface area (Å²) in [5.41, 5.74) is 0. The van der Waals surface area contributed by atoms with Crippen molar-refractivity contribution < 1.29 is 45.0 Å². The molecule has 6 N–H and O–H groups in total. The van der Waals surface area contributed by atoms with Crippen molar-refractivity contribution in [3.8, 4) is 17.2 Å². The molecule has 0 unspecified atom stereocenters. The van der Waals surface area contributed by atoms with Crippen LogP contribution in [0.25, 0.3) is 0 Å². The predicted octanol–water partition coefficient (Wildman–Crippen LogP) is 1.08. The van der Waals surface area contributed by atoms with Gasteiger partial charge in [-0.25, -0.2) is 0 Å². The van der Waals surface area contributed by atoms with Crippen LogP contribution in [-0.4, -0.2) is 48.5 Å². The van der Waals surface area contributed by atoms with Gasteiger partial charge < -0.3 is 30.6 Å². The van der Waals surface area contributed by atoms with E-state index in [0.29, 0.717) is 0 Å². The first kappa shape index (κ1) is 23.1. The first-order valence-corrected chi connectivity index (χ1v) is 5.19. The number of aromatic hydroxyl groups is 3. The molecule has 9 nitrogen and oxygen atoms in total. The molecule has 0 aliphatic carbocycles. The largest absolute Gasteiger partial charge is 0.508 e. The van der Waals surface area contributed by atoms with Crippen molar-refractivity contribution in [3.63, 3.8) is 0 Å². The molecule has 0 aliphatic rings. The van der Waals surface area contributed by atoms with Crippen LogP contribution in [0.3, 0.4) is 0 Å². The van der Waals surface area contributed by atoms with Crippen LogP contribution in [0.15, 0.2) is 18.2 Å². The van der Waals surface area contributed by atoms with Gasteiger partial charge in [-0.3, -0.25) is 14.4 Å². The molecule has 0 amide bonds. The van der Waals surface area contributed by atoms with Gasteiger partial charge >= 0.3 is 0 Å². The van der Waals surface area contributed by atoms with Crippen molar-refractivity contribution in [2.75, 3.05) is 0 Å². The summed E-state index contributed by atoms with van der Waals surface area (Å²) in [6.45, 7) is 3.25. The molecule has 1 rings (SSSR count). The molecular weight excluding hydrogens is 288 g/mol. The number of carboxylic acid groups (broad SMARTS) is 3. The van der Waals surface area contributed by atoms with Crippen LogP contribution in [0.2, 0.25) is 0 Å². The number of phenols is 3. The molecule has 0 atom stereocenters. The van der Waals surface area contributed by atoms with Gasteiger partial charge in [-0.15, -0.1) is 0 Å². The molecule has 0 saturated carbocycles. The van der Waals surface area contributed by atoms with Crippen LogP contribution in [0.1, 0.15) is 20.8 Å². The Labute approximate surface area is 120 Å². The zero-order valence-electron chi connectivity index (χ0n) is 11.6. The fourth-order valence-corrected chi connectivity index (χ4v) is 0.580. The maximum Gasteiger partial charge on any atom is 0.300 e. The lowest BCUT2D eigenvalue weighted by Crippen LogP contribution is -1.78. The first-order valence-electron chi connectivity index (χ1n) is 5.19. The van der Waals surface area contributed by atoms with Crippen LogP contribution < -0.4 is 0 Å². The molecule has 0 radical (unpaired) electrons. The van der Waals surface area contributed by atoms with Crippen LogP contribution in [0, 0.1) is 0 Å². The number of benzene rings is 1. The Morgan fingerprint density at radius 1 is 0.619 bits per heavy atom. The minimum Gasteiger partial charge on any atom is -0.508 e. The van der Waals surface area contributed by atoms with E-state index in [1.165, 1.54) is 0 Å². The molecular formula is C12H18O9. The van der Waals surface area contributed by atoms with Gasteiger partial charge in [0, 0.05) is 39.0 Å². The lowest BCUT2D eigenvalue weighted by Gasteiger charge is -1.94. The number of aliphatic carboxylic acids is 3. The molecule has 0 bridgehead atoms. The molecule has 0 aromatic heterocycles. The summed E-state index contributed by atoms with van der Waals surface area (Å²) >= 11 is 0. The third kappa shape index (κ3) is 47.2. The van der Waals surface area contributed by atoms with E-state index in [9.17, 15) is 0 Å². The van der Waals surface area contributed by atoms with Gasteiger partial charge in [0.2, 0.25) is 0 Å². The third-order valence-electron chi connectivity index (χ3n) is 0.887. The summed E-state index contributed by atoms with van der Waals surface area (Å²) in [5.74, 6) is -2.94. The Balaban J connectivity index is -0.000000230. The van der Waals surface area contributed by atoms with Crippen molar-refractivity contribution in [2.24, 2.45) is 0 Å². The molecule has 1 aromatic carbocycles. The van der Waals surface area contributed by atoms with Crippen molar-refractivity contribution in [3.05, 3.63) is 18.2 Å². The van der Waals surface area contributed by atoms with Crippen LogP contribution >= 0.6 is 0 Å². The average Bonchev–Trinajstić information content (AvgIpc) is 2.10. The smallest absolute Gasteiger partial charge is 0.300 e. The Bertz CT molecular complexity index is 363. The quantitative estimate of drug-likeness (QED) is 0.410. The summed E-state index contributed by atoms with van der Waals surface area (Å²) < 4.78 is 0. The number of phenolic OH excluding ortho intramolecular Hbond substituents is 3. The van der Waals surface area contributed by atoms with E-state index in [0.717, 1.165) is 39.0 Å². The molecule has 9 heteroatoms. The second-order valence-electron chi connectivity index (χ2n) is 3.26. The molecule has 0 saturated heterocycles. The highest BCUT2D eigenvalue weighted by Gasteiger charge is 1.94. The zero-order valence-corrected chi connectivity index (χ0v) is 11.6. The molecule has 0 fully saturated rings. The van der Waals surface area contributed by atoms with Gasteiger partial charge in [0.1, 0.15) is 17.2 Å². The SMILES string of the molecule is CC(=O)O.CC(=O)O.CC(=O)O.Oc1cc(O)cc(O)c1. The van der Waals surface area contributed by atoms with E-state index < -0.39 is 17.9 Å². The number of hydrogen-bond donors (Lipinski definition) is 6. The van der Waals surface area contributed by atoms with E-state index in [2.05, 4.69) is 0 Å². The van der Waals surface area contributed by atoms with E-state index in [4.69, 9.17) is 45.0 Å². The maximum absolute atomic E-state index is 9.00. The number of rotatable bonds is 0. The van der Waals surface area contributed by atoms with Gasteiger partial charge in [-0.05, 0) is 0 Å². The first-order chi connectivity index (χ1) is 9.38. The van der Waals surface area contributed by atoms with Crippen molar-refractivity contribution in [1.29, 1.82) is 0 Å². The Hall–Kier alpha value is -2.97. The van der Waals surface area contributed by atoms with Crippen molar-refractivity contribution >= 4 is 17.9 Å². The fourth-order valence-electron chi connectivity index (χ4n) is 0.580. The lowest BCUT2D eigenvalue weighted by molar-refractivity contribution is -0.135. The summed E-state index contributed by atoms with van der Waals surface area (Å²) in [5, 5.41) is 48.3. The maximum atomic E-state index is 9.00. The van der Waals surface area contributed by atoms with Gasteiger partial charge in [-0.1, -0.05) is 0 Å². The lowest BCUT2D eigenvalue weighted by atomic mass is 10.3. The number of carboxylic acids is 3.